The van der Waals surface area contributed by atoms with E-state index in [0.717, 1.165) is 0 Å². The van der Waals surface area contributed by atoms with Gasteiger partial charge in [-0.2, -0.15) is 5.26 Å². The topological polar surface area (TPSA) is 67.2 Å². The zero-order valence-electron chi connectivity index (χ0n) is 9.77. The van der Waals surface area contributed by atoms with Crippen LogP contribution in [0.1, 0.15) is 29.3 Å². The largest absolute Gasteiger partial charge is 0.469 e. The lowest BCUT2D eigenvalue weighted by Crippen LogP contribution is -2.16. The molecule has 0 aliphatic carbocycles. The molecular formula is C13H13NO3. The number of ketones is 1. The fraction of sp³-hybridized carbons (Fsp3) is 0.308. The highest BCUT2D eigenvalue weighted by atomic mass is 16.5. The second kappa shape index (κ2) is 5.80. The van der Waals surface area contributed by atoms with E-state index in [1.807, 2.05) is 6.07 Å². The van der Waals surface area contributed by atoms with E-state index in [4.69, 9.17) is 5.26 Å². The van der Waals surface area contributed by atoms with Crippen LogP contribution in [0, 0.1) is 17.2 Å². The summed E-state index contributed by atoms with van der Waals surface area (Å²) in [7, 11) is 1.29. The molecule has 0 radical (unpaired) electrons. The van der Waals surface area contributed by atoms with Gasteiger partial charge in [0.05, 0.1) is 25.2 Å². The van der Waals surface area contributed by atoms with Gasteiger partial charge in [-0.05, 0) is 12.1 Å². The van der Waals surface area contributed by atoms with Gasteiger partial charge in [0, 0.05) is 11.5 Å². The Morgan fingerprint density at radius 3 is 2.76 bits per heavy atom. The summed E-state index contributed by atoms with van der Waals surface area (Å²) >= 11 is 0. The Hall–Kier alpha value is -2.15. The summed E-state index contributed by atoms with van der Waals surface area (Å²) in [4.78, 5) is 23.0. The van der Waals surface area contributed by atoms with Crippen molar-refractivity contribution in [1.29, 1.82) is 5.26 Å². The second-order valence-electron chi connectivity index (χ2n) is 3.74. The summed E-state index contributed by atoms with van der Waals surface area (Å²) in [5.41, 5.74) is 0.876. The number of esters is 1. The molecule has 0 amide bonds. The van der Waals surface area contributed by atoms with Crippen molar-refractivity contribution in [1.82, 2.24) is 0 Å². The van der Waals surface area contributed by atoms with Crippen molar-refractivity contribution < 1.29 is 14.3 Å². The second-order valence-corrected chi connectivity index (χ2v) is 3.74. The van der Waals surface area contributed by atoms with Gasteiger partial charge in [-0.25, -0.2) is 0 Å². The molecule has 0 aliphatic rings. The lowest BCUT2D eigenvalue weighted by Gasteiger charge is -2.08. The number of hydrogen-bond donors (Lipinski definition) is 0. The molecule has 0 spiro atoms. The van der Waals surface area contributed by atoms with Crippen molar-refractivity contribution in [2.45, 2.75) is 13.3 Å². The molecule has 1 aromatic carbocycles. The van der Waals surface area contributed by atoms with Crippen molar-refractivity contribution in [3.05, 3.63) is 35.4 Å². The first-order valence-corrected chi connectivity index (χ1v) is 5.19. The minimum Gasteiger partial charge on any atom is -0.469 e. The lowest BCUT2D eigenvalue weighted by atomic mass is 9.95. The Morgan fingerprint density at radius 2 is 2.18 bits per heavy atom. The van der Waals surface area contributed by atoms with Crippen LogP contribution in [-0.4, -0.2) is 18.9 Å². The van der Waals surface area contributed by atoms with Crippen molar-refractivity contribution in [2.75, 3.05) is 7.11 Å². The van der Waals surface area contributed by atoms with Crippen LogP contribution in [-0.2, 0) is 9.53 Å². The third-order valence-electron chi connectivity index (χ3n) is 2.42. The van der Waals surface area contributed by atoms with Crippen LogP contribution in [0.3, 0.4) is 0 Å². The van der Waals surface area contributed by atoms with Crippen LogP contribution in [0.4, 0.5) is 0 Å². The minimum atomic E-state index is -0.448. The number of benzene rings is 1. The fourth-order valence-corrected chi connectivity index (χ4v) is 1.45. The molecule has 1 atom stereocenters. The van der Waals surface area contributed by atoms with E-state index < -0.39 is 11.9 Å². The van der Waals surface area contributed by atoms with Gasteiger partial charge in [-0.15, -0.1) is 0 Å². The quantitative estimate of drug-likeness (QED) is 0.586. The van der Waals surface area contributed by atoms with E-state index in [1.54, 1.807) is 25.1 Å². The van der Waals surface area contributed by atoms with Crippen LogP contribution < -0.4 is 0 Å². The maximum atomic E-state index is 11.9. The number of carbonyl (C=O) groups excluding carboxylic acids is 2. The van der Waals surface area contributed by atoms with Gasteiger partial charge >= 0.3 is 5.97 Å². The van der Waals surface area contributed by atoms with Gasteiger partial charge < -0.3 is 4.74 Å². The first kappa shape index (κ1) is 12.9. The third kappa shape index (κ3) is 3.42. The molecule has 0 fully saturated rings. The molecule has 1 unspecified atom stereocenters. The van der Waals surface area contributed by atoms with Crippen molar-refractivity contribution >= 4 is 11.8 Å². The van der Waals surface area contributed by atoms with Crippen LogP contribution in [0.5, 0.6) is 0 Å². The molecule has 0 aliphatic heterocycles. The molecule has 88 valence electrons. The molecule has 17 heavy (non-hydrogen) atoms. The highest BCUT2D eigenvalue weighted by Crippen LogP contribution is 2.14. The summed E-state index contributed by atoms with van der Waals surface area (Å²) in [6.45, 7) is 1.66. The molecule has 4 heteroatoms. The molecule has 0 saturated carbocycles. The molecule has 0 bridgehead atoms. The molecule has 0 N–H and O–H groups in total. The van der Waals surface area contributed by atoms with E-state index >= 15 is 0 Å². The predicted molar refractivity (Wildman–Crippen MR) is 61.3 cm³/mol. The summed E-state index contributed by atoms with van der Waals surface area (Å²) in [5.74, 6) is -1.02. The third-order valence-corrected chi connectivity index (χ3v) is 2.42. The van der Waals surface area contributed by atoms with Gasteiger partial charge in [0.1, 0.15) is 0 Å². The molecule has 1 rings (SSSR count). The van der Waals surface area contributed by atoms with Crippen LogP contribution >= 0.6 is 0 Å². The molecule has 0 saturated heterocycles. The Bertz CT molecular complexity index is 474. The zero-order chi connectivity index (χ0) is 12.8. The van der Waals surface area contributed by atoms with Crippen LogP contribution in [0.15, 0.2) is 24.3 Å². The van der Waals surface area contributed by atoms with Gasteiger partial charge in [0.25, 0.3) is 0 Å². The van der Waals surface area contributed by atoms with Crippen molar-refractivity contribution in [3.8, 4) is 6.07 Å². The number of carbonyl (C=O) groups is 2. The first-order chi connectivity index (χ1) is 8.08. The standard InChI is InChI=1S/C13H13NO3/c1-9(6-12(15)17-2)13(16)11-5-3-4-10(7-11)8-14/h3-5,7,9H,6H2,1-2H3. The average Bonchev–Trinajstić information content (AvgIpc) is 2.37. The maximum absolute atomic E-state index is 11.9. The van der Waals surface area contributed by atoms with Crippen molar-refractivity contribution in [3.63, 3.8) is 0 Å². The number of rotatable bonds is 4. The van der Waals surface area contributed by atoms with Gasteiger partial charge in [-0.1, -0.05) is 19.1 Å². The average molecular weight is 231 g/mol. The first-order valence-electron chi connectivity index (χ1n) is 5.19. The molecule has 1 aromatic rings. The smallest absolute Gasteiger partial charge is 0.306 e. The SMILES string of the molecule is COC(=O)CC(C)C(=O)c1cccc(C#N)c1. The molecule has 4 nitrogen and oxygen atoms in total. The van der Waals surface area contributed by atoms with E-state index in [0.29, 0.717) is 11.1 Å². The number of methoxy groups -OCH3 is 1. The molecular weight excluding hydrogens is 218 g/mol. The monoisotopic (exact) mass is 231 g/mol. The highest BCUT2D eigenvalue weighted by molar-refractivity contribution is 5.99. The number of nitriles is 1. The number of Topliss-reactive ketones (excluding diaryl/α,β-unsaturated/α-hetero) is 1. The minimum absolute atomic E-state index is 0.0477. The van der Waals surface area contributed by atoms with E-state index in [-0.39, 0.29) is 12.2 Å². The Kier molecular flexibility index (Phi) is 4.41. The van der Waals surface area contributed by atoms with Gasteiger partial charge in [0.15, 0.2) is 5.78 Å². The Labute approximate surface area is 99.8 Å². The maximum Gasteiger partial charge on any atom is 0.306 e. The van der Waals surface area contributed by atoms with E-state index in [9.17, 15) is 9.59 Å². The van der Waals surface area contributed by atoms with Gasteiger partial charge in [-0.3, -0.25) is 9.59 Å². The van der Waals surface area contributed by atoms with Crippen LogP contribution in [0.25, 0.3) is 0 Å². The Balaban J connectivity index is 2.82. The highest BCUT2D eigenvalue weighted by Gasteiger charge is 2.19. The fourth-order valence-electron chi connectivity index (χ4n) is 1.45. The zero-order valence-corrected chi connectivity index (χ0v) is 9.77. The lowest BCUT2D eigenvalue weighted by molar-refractivity contribution is -0.141. The summed E-state index contributed by atoms with van der Waals surface area (Å²) in [6.07, 6.45) is 0.0477. The molecule has 0 aromatic heterocycles. The van der Waals surface area contributed by atoms with Crippen molar-refractivity contribution in [2.24, 2.45) is 5.92 Å². The Morgan fingerprint density at radius 1 is 1.47 bits per heavy atom. The summed E-state index contributed by atoms with van der Waals surface area (Å²) < 4.78 is 4.51. The summed E-state index contributed by atoms with van der Waals surface area (Å²) in [6, 6.07) is 8.41. The van der Waals surface area contributed by atoms with E-state index in [2.05, 4.69) is 4.74 Å². The molecule has 0 heterocycles. The van der Waals surface area contributed by atoms with E-state index in [1.165, 1.54) is 13.2 Å². The number of hydrogen-bond acceptors (Lipinski definition) is 4. The van der Waals surface area contributed by atoms with Gasteiger partial charge in [0.2, 0.25) is 0 Å². The normalized spacial score (nSPS) is 11.4. The predicted octanol–water partition coefficient (Wildman–Crippen LogP) is 1.94. The number of nitrogens with zero attached hydrogens (tertiary/aromatic N) is 1. The summed E-state index contributed by atoms with van der Waals surface area (Å²) in [5, 5.41) is 8.73. The number of ether oxygens (including phenoxy) is 1. The van der Waals surface area contributed by atoms with Crippen LogP contribution in [0.2, 0.25) is 0 Å².